The van der Waals surface area contributed by atoms with Crippen LogP contribution in [-0.4, -0.2) is 19.9 Å². The van der Waals surface area contributed by atoms with E-state index in [1.54, 1.807) is 13.2 Å². The van der Waals surface area contributed by atoms with Crippen LogP contribution in [0, 0.1) is 5.92 Å². The Morgan fingerprint density at radius 2 is 1.84 bits per heavy atom. The quantitative estimate of drug-likeness (QED) is 0.624. The first-order chi connectivity index (χ1) is 8.80. The summed E-state index contributed by atoms with van der Waals surface area (Å²) in [6, 6.07) is 1.52. The predicted molar refractivity (Wildman–Crippen MR) is 76.3 cm³/mol. The van der Waals surface area contributed by atoms with Crippen LogP contribution in [0.15, 0.2) is 12.3 Å². The molecule has 1 aromatic rings. The van der Waals surface area contributed by atoms with Crippen LogP contribution < -0.4 is 0 Å². The highest BCUT2D eigenvalue weighted by Gasteiger charge is 2.34. The van der Waals surface area contributed by atoms with Crippen molar-refractivity contribution >= 4 is 46.4 Å². The molecule has 0 aliphatic heterocycles. The normalized spacial score (nSPS) is 16.8. The molecule has 3 nitrogen and oxygen atoms in total. The summed E-state index contributed by atoms with van der Waals surface area (Å²) in [7, 11) is 1.66. The van der Waals surface area contributed by atoms with E-state index < -0.39 is 9.58 Å². The lowest BCUT2D eigenvalue weighted by atomic mass is 9.98. The summed E-state index contributed by atoms with van der Waals surface area (Å²) in [4.78, 5) is 24.2. The molecule has 0 saturated heterocycles. The minimum atomic E-state index is -2.00. The van der Waals surface area contributed by atoms with Gasteiger partial charge in [0.2, 0.25) is 5.78 Å². The van der Waals surface area contributed by atoms with Crippen molar-refractivity contribution in [2.45, 2.75) is 29.5 Å². The van der Waals surface area contributed by atoms with Crippen molar-refractivity contribution in [1.29, 1.82) is 0 Å². The summed E-state index contributed by atoms with van der Waals surface area (Å²) in [6.07, 6.45) is 5.64. The van der Waals surface area contributed by atoms with Crippen LogP contribution in [0.2, 0.25) is 0 Å². The summed E-state index contributed by atoms with van der Waals surface area (Å²) in [5, 5.41) is 0. The molecule has 2 rings (SSSR count). The Balaban J connectivity index is 2.26. The summed E-state index contributed by atoms with van der Waals surface area (Å²) < 4.78 is -0.466. The van der Waals surface area contributed by atoms with E-state index in [-0.39, 0.29) is 17.4 Å². The average Bonchev–Trinajstić information content (AvgIpc) is 2.94. The van der Waals surface area contributed by atoms with Gasteiger partial charge < -0.3 is 4.57 Å². The van der Waals surface area contributed by atoms with E-state index in [1.807, 2.05) is 0 Å². The number of aromatic nitrogens is 1. The van der Waals surface area contributed by atoms with E-state index in [9.17, 15) is 9.59 Å². The van der Waals surface area contributed by atoms with Crippen molar-refractivity contribution in [3.8, 4) is 0 Å². The van der Waals surface area contributed by atoms with Gasteiger partial charge in [0.15, 0.2) is 5.78 Å². The van der Waals surface area contributed by atoms with Gasteiger partial charge in [0.1, 0.15) is 0 Å². The molecule has 0 atom stereocenters. The molecule has 0 aromatic carbocycles. The molecule has 1 aromatic heterocycles. The fourth-order valence-electron chi connectivity index (χ4n) is 2.49. The molecular weight excluding hydrogens is 309 g/mol. The molecule has 6 heteroatoms. The number of Topliss-reactive ketones (excluding diaryl/α,β-unsaturated/α-hetero) is 2. The van der Waals surface area contributed by atoms with Gasteiger partial charge in [-0.25, -0.2) is 0 Å². The van der Waals surface area contributed by atoms with Crippen LogP contribution in [0.1, 0.15) is 46.5 Å². The number of alkyl halides is 3. The molecule has 0 spiro atoms. The van der Waals surface area contributed by atoms with Crippen molar-refractivity contribution in [3.05, 3.63) is 23.5 Å². The van der Waals surface area contributed by atoms with Gasteiger partial charge >= 0.3 is 0 Å². The molecular formula is C13H14Cl3NO2. The van der Waals surface area contributed by atoms with E-state index in [4.69, 9.17) is 34.8 Å². The predicted octanol–water partition coefficient (Wildman–Crippen LogP) is 3.95. The van der Waals surface area contributed by atoms with E-state index in [2.05, 4.69) is 0 Å². The fourth-order valence-corrected chi connectivity index (χ4v) is 2.78. The minimum absolute atomic E-state index is 0.0677. The molecule has 1 fully saturated rings. The SMILES string of the molecule is Cn1cc(C(=O)C2CCCC2)cc1C(=O)C(Cl)(Cl)Cl. The number of aryl methyl sites for hydroxylation is 1. The van der Waals surface area contributed by atoms with E-state index in [0.29, 0.717) is 5.56 Å². The zero-order valence-electron chi connectivity index (χ0n) is 10.5. The Hall–Kier alpha value is -0.510. The number of hydrogen-bond acceptors (Lipinski definition) is 2. The van der Waals surface area contributed by atoms with Crippen molar-refractivity contribution < 1.29 is 9.59 Å². The van der Waals surface area contributed by atoms with Crippen LogP contribution in [0.3, 0.4) is 0 Å². The fraction of sp³-hybridized carbons (Fsp3) is 0.538. The second-order valence-electron chi connectivity index (χ2n) is 4.90. The number of ketones is 2. The topological polar surface area (TPSA) is 39.1 Å². The molecule has 0 bridgehead atoms. The lowest BCUT2D eigenvalue weighted by Crippen LogP contribution is -2.21. The first kappa shape index (κ1) is 14.9. The van der Waals surface area contributed by atoms with Crippen LogP contribution in [0.5, 0.6) is 0 Å². The van der Waals surface area contributed by atoms with E-state index in [1.165, 1.54) is 10.6 Å². The van der Waals surface area contributed by atoms with Crippen LogP contribution >= 0.6 is 34.8 Å². The summed E-state index contributed by atoms with van der Waals surface area (Å²) in [5.74, 6) is -0.472. The largest absolute Gasteiger partial charge is 0.347 e. The third kappa shape index (κ3) is 3.15. The highest BCUT2D eigenvalue weighted by molar-refractivity contribution is 6.77. The highest BCUT2D eigenvalue weighted by Crippen LogP contribution is 2.32. The lowest BCUT2D eigenvalue weighted by molar-refractivity contribution is 0.0922. The molecule has 0 unspecified atom stereocenters. The van der Waals surface area contributed by atoms with Gasteiger partial charge in [-0.3, -0.25) is 9.59 Å². The third-order valence-corrected chi connectivity index (χ3v) is 4.02. The number of carbonyl (C=O) groups excluding carboxylic acids is 2. The Morgan fingerprint density at radius 3 is 2.37 bits per heavy atom. The van der Waals surface area contributed by atoms with Gasteiger partial charge in [-0.1, -0.05) is 47.6 Å². The first-order valence-corrected chi connectivity index (χ1v) is 7.26. The average molecular weight is 323 g/mol. The van der Waals surface area contributed by atoms with Crippen molar-refractivity contribution in [3.63, 3.8) is 0 Å². The maximum Gasteiger partial charge on any atom is 0.255 e. The zero-order valence-corrected chi connectivity index (χ0v) is 12.7. The third-order valence-electron chi connectivity index (χ3n) is 3.51. The number of nitrogens with zero attached hydrogens (tertiary/aromatic N) is 1. The molecule has 0 amide bonds. The van der Waals surface area contributed by atoms with Gasteiger partial charge in [-0.2, -0.15) is 0 Å². The maximum atomic E-state index is 12.3. The Bertz CT molecular complexity index is 510. The Kier molecular flexibility index (Phi) is 4.29. The highest BCUT2D eigenvalue weighted by atomic mass is 35.6. The molecule has 1 saturated carbocycles. The number of halogens is 3. The number of hydrogen-bond donors (Lipinski definition) is 0. The molecule has 1 heterocycles. The monoisotopic (exact) mass is 321 g/mol. The first-order valence-electron chi connectivity index (χ1n) is 6.13. The molecule has 104 valence electrons. The molecule has 19 heavy (non-hydrogen) atoms. The van der Waals surface area contributed by atoms with Gasteiger partial charge in [-0.05, 0) is 18.9 Å². The van der Waals surface area contributed by atoms with Gasteiger partial charge in [0, 0.05) is 24.7 Å². The second kappa shape index (κ2) is 5.47. The Morgan fingerprint density at radius 1 is 1.26 bits per heavy atom. The second-order valence-corrected chi connectivity index (χ2v) is 7.18. The summed E-state index contributed by atoms with van der Waals surface area (Å²) >= 11 is 16.8. The summed E-state index contributed by atoms with van der Waals surface area (Å²) in [5.41, 5.74) is 0.758. The van der Waals surface area contributed by atoms with E-state index in [0.717, 1.165) is 25.7 Å². The van der Waals surface area contributed by atoms with Crippen LogP contribution in [0.4, 0.5) is 0 Å². The molecule has 0 N–H and O–H groups in total. The van der Waals surface area contributed by atoms with Crippen molar-refractivity contribution in [2.24, 2.45) is 13.0 Å². The number of rotatable bonds is 3. The van der Waals surface area contributed by atoms with Gasteiger partial charge in [0.05, 0.1) is 5.69 Å². The maximum absolute atomic E-state index is 12.3. The Labute approximate surface area is 126 Å². The minimum Gasteiger partial charge on any atom is -0.347 e. The van der Waals surface area contributed by atoms with Crippen molar-refractivity contribution in [2.75, 3.05) is 0 Å². The standard InChI is InChI=1S/C13H14Cl3NO2/c1-17-7-9(11(18)8-4-2-3-5-8)6-10(17)12(19)13(14,15)16/h6-8H,2-5H2,1H3. The molecule has 1 aliphatic rings. The summed E-state index contributed by atoms with van der Waals surface area (Å²) in [6.45, 7) is 0. The zero-order chi connectivity index (χ0) is 14.2. The van der Waals surface area contributed by atoms with Crippen LogP contribution in [-0.2, 0) is 7.05 Å². The van der Waals surface area contributed by atoms with E-state index >= 15 is 0 Å². The van der Waals surface area contributed by atoms with Gasteiger partial charge in [0.25, 0.3) is 3.79 Å². The number of carbonyl (C=O) groups is 2. The molecule has 1 aliphatic carbocycles. The van der Waals surface area contributed by atoms with Crippen LogP contribution in [0.25, 0.3) is 0 Å². The van der Waals surface area contributed by atoms with Gasteiger partial charge in [-0.15, -0.1) is 0 Å². The van der Waals surface area contributed by atoms with Crippen molar-refractivity contribution in [1.82, 2.24) is 4.57 Å². The lowest BCUT2D eigenvalue weighted by Gasteiger charge is -2.09. The smallest absolute Gasteiger partial charge is 0.255 e. The molecule has 0 radical (unpaired) electrons.